The summed E-state index contributed by atoms with van der Waals surface area (Å²) in [5.41, 5.74) is -3.71. The fourth-order valence-corrected chi connectivity index (χ4v) is 2.03. The Bertz CT molecular complexity index is 667. The molecule has 2 rings (SSSR count). The fraction of sp³-hybridized carbons (Fsp3) is 0.471. The molecule has 7 heteroatoms. The molecular weight excluding hydrogens is 328 g/mol. The second kappa shape index (κ2) is 5.79. The fourth-order valence-electron chi connectivity index (χ4n) is 2.03. The topological polar surface area (TPSA) is 35.5 Å². The van der Waals surface area contributed by atoms with Crippen LogP contribution in [0.5, 0.6) is 5.75 Å². The van der Waals surface area contributed by atoms with E-state index in [0.717, 1.165) is 18.2 Å². The molecule has 0 aromatic heterocycles. The van der Waals surface area contributed by atoms with Crippen molar-refractivity contribution in [3.05, 3.63) is 36.2 Å². The van der Waals surface area contributed by atoms with E-state index >= 15 is 0 Å². The van der Waals surface area contributed by atoms with Gasteiger partial charge in [-0.2, -0.15) is 13.2 Å². The third kappa shape index (κ3) is 4.07. The van der Waals surface area contributed by atoms with Crippen LogP contribution in [0, 0.1) is 5.82 Å². The summed E-state index contributed by atoms with van der Waals surface area (Å²) in [6, 6.07) is 2.63. The molecule has 0 N–H and O–H groups in total. The summed E-state index contributed by atoms with van der Waals surface area (Å²) in [5, 5.41) is 0. The molecule has 0 radical (unpaired) electrons. The van der Waals surface area contributed by atoms with Crippen LogP contribution >= 0.6 is 0 Å². The number of benzene rings is 1. The quantitative estimate of drug-likeness (QED) is 0.588. The maximum absolute atomic E-state index is 13.5. The van der Waals surface area contributed by atoms with Crippen molar-refractivity contribution in [1.82, 2.24) is 0 Å². The van der Waals surface area contributed by atoms with Crippen LogP contribution in [0.1, 0.15) is 39.2 Å². The molecule has 1 aromatic carbocycles. The van der Waals surface area contributed by atoms with Gasteiger partial charge in [-0.1, -0.05) is 6.58 Å². The second-order valence-corrected chi connectivity index (χ2v) is 6.72. The third-order valence-electron chi connectivity index (χ3n) is 3.39. The van der Waals surface area contributed by atoms with Crippen molar-refractivity contribution < 1.29 is 31.8 Å². The van der Waals surface area contributed by atoms with Crippen LogP contribution in [0.15, 0.2) is 24.8 Å². The number of halogens is 4. The standard InChI is InChI=1S/C17H18F4O3/c1-10(17(19,20)21)12-6-5-11(18)9-13(12)23-16(7-8-16)14(22)24-15(2,3)4/h5-6,9H,1,7-8H2,2-4H3. The van der Waals surface area contributed by atoms with Gasteiger partial charge in [0.05, 0.1) is 5.57 Å². The molecule has 1 aliphatic carbocycles. The summed E-state index contributed by atoms with van der Waals surface area (Å²) in [6.07, 6.45) is -4.12. The Morgan fingerprint density at radius 2 is 1.79 bits per heavy atom. The lowest BCUT2D eigenvalue weighted by Crippen LogP contribution is -2.37. The van der Waals surface area contributed by atoms with Gasteiger partial charge in [0.15, 0.2) is 0 Å². The van der Waals surface area contributed by atoms with Gasteiger partial charge in [-0.15, -0.1) is 0 Å². The van der Waals surface area contributed by atoms with E-state index in [1.807, 2.05) is 0 Å². The number of hydrogen-bond acceptors (Lipinski definition) is 3. The third-order valence-corrected chi connectivity index (χ3v) is 3.39. The predicted molar refractivity (Wildman–Crippen MR) is 79.9 cm³/mol. The molecule has 1 aliphatic rings. The van der Waals surface area contributed by atoms with E-state index in [1.54, 1.807) is 20.8 Å². The Morgan fingerprint density at radius 1 is 1.21 bits per heavy atom. The molecule has 24 heavy (non-hydrogen) atoms. The SMILES string of the molecule is C=C(c1ccc(F)cc1OC1(C(=O)OC(C)(C)C)CC1)C(F)(F)F. The van der Waals surface area contributed by atoms with E-state index < -0.39 is 40.3 Å². The molecule has 0 spiro atoms. The van der Waals surface area contributed by atoms with Gasteiger partial charge in [0.25, 0.3) is 0 Å². The number of alkyl halides is 3. The van der Waals surface area contributed by atoms with E-state index in [-0.39, 0.29) is 18.6 Å². The van der Waals surface area contributed by atoms with Gasteiger partial charge in [0.2, 0.25) is 5.60 Å². The summed E-state index contributed by atoms with van der Waals surface area (Å²) >= 11 is 0. The molecule has 0 amide bonds. The molecule has 0 saturated heterocycles. The Hall–Kier alpha value is -2.05. The van der Waals surface area contributed by atoms with Crippen LogP contribution < -0.4 is 4.74 Å². The summed E-state index contributed by atoms with van der Waals surface area (Å²) in [5.74, 6) is -1.83. The van der Waals surface area contributed by atoms with Crippen LogP contribution in [-0.2, 0) is 9.53 Å². The molecule has 132 valence electrons. The highest BCUT2D eigenvalue weighted by atomic mass is 19.4. The zero-order chi connectivity index (χ0) is 18.3. The lowest BCUT2D eigenvalue weighted by molar-refractivity contribution is -0.165. The molecule has 0 heterocycles. The molecular formula is C17H18F4O3. The predicted octanol–water partition coefficient (Wildman–Crippen LogP) is 4.65. The summed E-state index contributed by atoms with van der Waals surface area (Å²) in [6.45, 7) is 8.00. The van der Waals surface area contributed by atoms with Gasteiger partial charge in [0, 0.05) is 24.5 Å². The van der Waals surface area contributed by atoms with Crippen molar-refractivity contribution >= 4 is 11.5 Å². The summed E-state index contributed by atoms with van der Waals surface area (Å²) in [7, 11) is 0. The molecule has 0 unspecified atom stereocenters. The minimum atomic E-state index is -4.70. The smallest absolute Gasteiger partial charge is 0.416 e. The number of hydrogen-bond donors (Lipinski definition) is 0. The lowest BCUT2D eigenvalue weighted by Gasteiger charge is -2.25. The lowest BCUT2D eigenvalue weighted by atomic mass is 10.1. The average molecular weight is 346 g/mol. The van der Waals surface area contributed by atoms with E-state index in [0.29, 0.717) is 0 Å². The van der Waals surface area contributed by atoms with E-state index in [2.05, 4.69) is 6.58 Å². The maximum atomic E-state index is 13.5. The first kappa shape index (κ1) is 18.3. The Labute approximate surface area is 137 Å². The molecule has 0 aliphatic heterocycles. The second-order valence-electron chi connectivity index (χ2n) is 6.72. The van der Waals surface area contributed by atoms with Gasteiger partial charge >= 0.3 is 12.1 Å². The van der Waals surface area contributed by atoms with Gasteiger partial charge in [0.1, 0.15) is 17.2 Å². The van der Waals surface area contributed by atoms with Gasteiger partial charge in [-0.05, 0) is 32.9 Å². The van der Waals surface area contributed by atoms with Crippen LogP contribution in [0.2, 0.25) is 0 Å². The van der Waals surface area contributed by atoms with Crippen molar-refractivity contribution in [2.24, 2.45) is 0 Å². The van der Waals surface area contributed by atoms with Crippen molar-refractivity contribution in [3.8, 4) is 5.75 Å². The summed E-state index contributed by atoms with van der Waals surface area (Å²) in [4.78, 5) is 12.2. The highest BCUT2D eigenvalue weighted by molar-refractivity contribution is 5.84. The van der Waals surface area contributed by atoms with Gasteiger partial charge in [-0.25, -0.2) is 9.18 Å². The van der Waals surface area contributed by atoms with Crippen LogP contribution in [-0.4, -0.2) is 23.3 Å². The summed E-state index contributed by atoms with van der Waals surface area (Å²) < 4.78 is 62.9. The number of allylic oxidation sites excluding steroid dienone is 1. The minimum absolute atomic E-state index is 0.288. The van der Waals surface area contributed by atoms with E-state index in [4.69, 9.17) is 9.47 Å². The minimum Gasteiger partial charge on any atom is -0.475 e. The normalized spacial score (nSPS) is 16.5. The monoisotopic (exact) mass is 346 g/mol. The van der Waals surface area contributed by atoms with E-state index in [1.165, 1.54) is 0 Å². The highest BCUT2D eigenvalue weighted by Crippen LogP contribution is 2.45. The average Bonchev–Trinajstić information content (AvgIpc) is 3.16. The first-order valence-electron chi connectivity index (χ1n) is 7.33. The molecule has 0 bridgehead atoms. The van der Waals surface area contributed by atoms with Crippen LogP contribution in [0.25, 0.3) is 5.57 Å². The molecule has 1 aromatic rings. The first-order valence-corrected chi connectivity index (χ1v) is 7.33. The zero-order valence-electron chi connectivity index (χ0n) is 13.6. The van der Waals surface area contributed by atoms with Gasteiger partial charge < -0.3 is 9.47 Å². The Morgan fingerprint density at radius 3 is 2.25 bits per heavy atom. The number of rotatable bonds is 4. The Balaban J connectivity index is 2.31. The van der Waals surface area contributed by atoms with Crippen molar-refractivity contribution in [1.29, 1.82) is 0 Å². The first-order chi connectivity index (χ1) is 10.8. The molecule has 1 saturated carbocycles. The zero-order valence-corrected chi connectivity index (χ0v) is 13.6. The number of carbonyl (C=O) groups excluding carboxylic acids is 1. The van der Waals surface area contributed by atoms with Crippen LogP contribution in [0.4, 0.5) is 17.6 Å². The number of esters is 1. The Kier molecular flexibility index (Phi) is 4.41. The van der Waals surface area contributed by atoms with Crippen molar-refractivity contribution in [2.75, 3.05) is 0 Å². The largest absolute Gasteiger partial charge is 0.475 e. The number of carbonyl (C=O) groups is 1. The molecule has 0 atom stereocenters. The molecule has 3 nitrogen and oxygen atoms in total. The maximum Gasteiger partial charge on any atom is 0.416 e. The van der Waals surface area contributed by atoms with Gasteiger partial charge in [-0.3, -0.25) is 0 Å². The van der Waals surface area contributed by atoms with Crippen molar-refractivity contribution in [2.45, 2.75) is 51.0 Å². The highest BCUT2D eigenvalue weighted by Gasteiger charge is 2.56. The van der Waals surface area contributed by atoms with E-state index in [9.17, 15) is 22.4 Å². The number of ether oxygens (including phenoxy) is 2. The van der Waals surface area contributed by atoms with Crippen LogP contribution in [0.3, 0.4) is 0 Å². The van der Waals surface area contributed by atoms with Crippen molar-refractivity contribution in [3.63, 3.8) is 0 Å². The molecule has 1 fully saturated rings.